The molecule has 0 fully saturated rings. The number of nitrogen functional groups attached to an aromatic ring is 1. The highest BCUT2D eigenvalue weighted by Crippen LogP contribution is 2.24. The van der Waals surface area contributed by atoms with Gasteiger partial charge in [0.05, 0.1) is 18.5 Å². The first-order valence-electron chi connectivity index (χ1n) is 5.45. The zero-order valence-electron chi connectivity index (χ0n) is 10.5. The number of ether oxygens (including phenoxy) is 1. The third-order valence-electron chi connectivity index (χ3n) is 2.16. The molecule has 0 saturated carbocycles. The maximum absolute atomic E-state index is 12.3. The molecule has 0 atom stereocenters. The highest BCUT2D eigenvalue weighted by molar-refractivity contribution is 5.95. The van der Waals surface area contributed by atoms with Gasteiger partial charge in [-0.05, 0) is 13.0 Å². The van der Waals surface area contributed by atoms with E-state index in [2.05, 4.69) is 4.98 Å². The predicted octanol–water partition coefficient (Wildman–Crippen LogP) is 1.84. The molecule has 8 heteroatoms. The second-order valence-electron chi connectivity index (χ2n) is 3.83. The van der Waals surface area contributed by atoms with Gasteiger partial charge in [0.25, 0.3) is 0 Å². The minimum atomic E-state index is -4.40. The van der Waals surface area contributed by atoms with Crippen LogP contribution in [0.5, 0.6) is 0 Å². The smallest absolute Gasteiger partial charge is 0.405 e. The van der Waals surface area contributed by atoms with Crippen LogP contribution in [0.25, 0.3) is 0 Å². The highest BCUT2D eigenvalue weighted by Gasteiger charge is 2.31. The van der Waals surface area contributed by atoms with Crippen molar-refractivity contribution < 1.29 is 22.7 Å². The lowest BCUT2D eigenvalue weighted by Crippen LogP contribution is -2.32. The Hall–Kier alpha value is -1.99. The second kappa shape index (κ2) is 5.77. The lowest BCUT2D eigenvalue weighted by Gasteiger charge is -2.22. The molecule has 0 unspecified atom stereocenters. The molecule has 0 aromatic carbocycles. The summed E-state index contributed by atoms with van der Waals surface area (Å²) in [5.41, 5.74) is 5.56. The van der Waals surface area contributed by atoms with Crippen LogP contribution in [-0.4, -0.2) is 37.3 Å². The average molecular weight is 277 g/mol. The van der Waals surface area contributed by atoms with Gasteiger partial charge in [0.2, 0.25) is 0 Å². The minimum absolute atomic E-state index is 0.0893. The molecule has 1 rings (SSSR count). The summed E-state index contributed by atoms with van der Waals surface area (Å²) in [7, 11) is 1.19. The third-order valence-corrected chi connectivity index (χ3v) is 2.16. The maximum atomic E-state index is 12.3. The summed E-state index contributed by atoms with van der Waals surface area (Å²) in [5, 5.41) is 0. The van der Waals surface area contributed by atoms with Crippen LogP contribution in [0.4, 0.5) is 24.7 Å². The topological polar surface area (TPSA) is 68.5 Å². The van der Waals surface area contributed by atoms with Gasteiger partial charge in [-0.1, -0.05) is 0 Å². The van der Waals surface area contributed by atoms with Gasteiger partial charge in [-0.15, -0.1) is 0 Å². The summed E-state index contributed by atoms with van der Waals surface area (Å²) >= 11 is 0. The van der Waals surface area contributed by atoms with Crippen LogP contribution in [0.1, 0.15) is 17.3 Å². The van der Waals surface area contributed by atoms with Gasteiger partial charge >= 0.3 is 12.1 Å². The van der Waals surface area contributed by atoms with E-state index >= 15 is 0 Å². The normalized spacial score (nSPS) is 11.2. The van der Waals surface area contributed by atoms with E-state index < -0.39 is 18.7 Å². The Labute approximate surface area is 108 Å². The largest absolute Gasteiger partial charge is 0.462 e. The van der Waals surface area contributed by atoms with Crippen molar-refractivity contribution in [2.24, 2.45) is 0 Å². The second-order valence-corrected chi connectivity index (χ2v) is 3.83. The molecular weight excluding hydrogens is 263 g/mol. The Morgan fingerprint density at radius 2 is 2.16 bits per heavy atom. The zero-order valence-corrected chi connectivity index (χ0v) is 10.5. The summed E-state index contributed by atoms with van der Waals surface area (Å²) < 4.78 is 41.8. The van der Waals surface area contributed by atoms with Crippen molar-refractivity contribution in [3.05, 3.63) is 17.8 Å². The molecule has 0 amide bonds. The Morgan fingerprint density at radius 1 is 1.53 bits per heavy atom. The number of pyridine rings is 1. The number of hydrogen-bond acceptors (Lipinski definition) is 5. The summed E-state index contributed by atoms with van der Waals surface area (Å²) in [6, 6.07) is 1.24. The number of hydrogen-bond donors (Lipinski definition) is 1. The first kappa shape index (κ1) is 15.1. The number of rotatable bonds is 4. The van der Waals surface area contributed by atoms with Crippen molar-refractivity contribution in [2.45, 2.75) is 13.1 Å². The minimum Gasteiger partial charge on any atom is -0.462 e. The van der Waals surface area contributed by atoms with Crippen molar-refractivity contribution in [2.75, 3.05) is 30.8 Å². The summed E-state index contributed by atoms with van der Waals surface area (Å²) in [5.74, 6) is -0.878. The van der Waals surface area contributed by atoms with Gasteiger partial charge in [-0.3, -0.25) is 0 Å². The molecule has 0 aliphatic heterocycles. The van der Waals surface area contributed by atoms with Gasteiger partial charge in [0.15, 0.2) is 0 Å². The molecule has 0 saturated heterocycles. The highest BCUT2D eigenvalue weighted by atomic mass is 19.4. The van der Waals surface area contributed by atoms with Crippen molar-refractivity contribution >= 4 is 17.5 Å². The Bertz CT molecular complexity index is 463. The molecule has 1 aromatic heterocycles. The van der Waals surface area contributed by atoms with Gasteiger partial charge in [0, 0.05) is 7.05 Å². The van der Waals surface area contributed by atoms with Crippen LogP contribution < -0.4 is 10.6 Å². The van der Waals surface area contributed by atoms with Crippen molar-refractivity contribution in [1.82, 2.24) is 4.98 Å². The van der Waals surface area contributed by atoms with Crippen LogP contribution >= 0.6 is 0 Å². The van der Waals surface area contributed by atoms with E-state index in [0.717, 1.165) is 4.90 Å². The Balaban J connectivity index is 3.09. The first-order valence-corrected chi connectivity index (χ1v) is 5.45. The van der Waals surface area contributed by atoms with E-state index in [0.29, 0.717) is 0 Å². The summed E-state index contributed by atoms with van der Waals surface area (Å²) in [6.07, 6.45) is -3.21. The molecule has 1 heterocycles. The van der Waals surface area contributed by atoms with Gasteiger partial charge in [0.1, 0.15) is 17.9 Å². The van der Waals surface area contributed by atoms with Crippen molar-refractivity contribution in [1.29, 1.82) is 0 Å². The molecule has 5 nitrogen and oxygen atoms in total. The number of nitrogens with two attached hydrogens (primary N) is 1. The number of halogens is 3. The lowest BCUT2D eigenvalue weighted by molar-refractivity contribution is -0.119. The number of anilines is 2. The zero-order chi connectivity index (χ0) is 14.6. The molecule has 106 valence electrons. The van der Waals surface area contributed by atoms with E-state index in [1.807, 2.05) is 0 Å². The number of carbonyl (C=O) groups is 1. The molecule has 0 aliphatic rings. The molecule has 0 spiro atoms. The Kier molecular flexibility index (Phi) is 4.57. The Morgan fingerprint density at radius 3 is 2.68 bits per heavy atom. The van der Waals surface area contributed by atoms with Crippen LogP contribution in [0.2, 0.25) is 0 Å². The molecule has 0 radical (unpaired) electrons. The first-order chi connectivity index (χ1) is 8.74. The number of nitrogens with zero attached hydrogens (tertiary/aromatic N) is 2. The molecule has 0 bridgehead atoms. The average Bonchev–Trinajstić information content (AvgIpc) is 2.26. The lowest BCUT2D eigenvalue weighted by atomic mass is 10.2. The predicted molar refractivity (Wildman–Crippen MR) is 63.9 cm³/mol. The van der Waals surface area contributed by atoms with Crippen LogP contribution in [0, 0.1) is 0 Å². The standard InChI is InChI=1S/C11H14F3N3O2/c1-3-19-10(18)8-4-7(15)5-16-9(8)17(2)6-11(12,13)14/h4-5H,3,6,15H2,1-2H3. The van der Waals surface area contributed by atoms with Crippen molar-refractivity contribution in [3.8, 4) is 0 Å². The third kappa shape index (κ3) is 4.31. The van der Waals surface area contributed by atoms with Crippen molar-refractivity contribution in [3.63, 3.8) is 0 Å². The van der Waals surface area contributed by atoms with Crippen LogP contribution in [-0.2, 0) is 4.74 Å². The number of aromatic nitrogens is 1. The molecule has 0 aliphatic carbocycles. The van der Waals surface area contributed by atoms with Gasteiger partial charge in [-0.25, -0.2) is 9.78 Å². The van der Waals surface area contributed by atoms with E-state index in [9.17, 15) is 18.0 Å². The van der Waals surface area contributed by atoms with Crippen LogP contribution in [0.3, 0.4) is 0 Å². The number of alkyl halides is 3. The van der Waals surface area contributed by atoms with Gasteiger partial charge in [-0.2, -0.15) is 13.2 Å². The van der Waals surface area contributed by atoms with E-state index in [1.165, 1.54) is 19.3 Å². The van der Waals surface area contributed by atoms with E-state index in [-0.39, 0.29) is 23.7 Å². The molecule has 2 N–H and O–H groups in total. The molecule has 1 aromatic rings. The fourth-order valence-corrected chi connectivity index (χ4v) is 1.48. The van der Waals surface area contributed by atoms with E-state index in [4.69, 9.17) is 10.5 Å². The fourth-order valence-electron chi connectivity index (χ4n) is 1.48. The number of esters is 1. The van der Waals surface area contributed by atoms with E-state index in [1.54, 1.807) is 6.92 Å². The van der Waals surface area contributed by atoms with Crippen LogP contribution in [0.15, 0.2) is 12.3 Å². The quantitative estimate of drug-likeness (QED) is 0.850. The van der Waals surface area contributed by atoms with Gasteiger partial charge < -0.3 is 15.4 Å². The molecular formula is C11H14F3N3O2. The fraction of sp³-hybridized carbons (Fsp3) is 0.455. The summed E-state index contributed by atoms with van der Waals surface area (Å²) in [6.45, 7) is 0.475. The molecule has 19 heavy (non-hydrogen) atoms. The summed E-state index contributed by atoms with van der Waals surface area (Å²) in [4.78, 5) is 16.3. The SMILES string of the molecule is CCOC(=O)c1cc(N)cnc1N(C)CC(F)(F)F. The maximum Gasteiger partial charge on any atom is 0.405 e. The number of carbonyl (C=O) groups excluding carboxylic acids is 1. The monoisotopic (exact) mass is 277 g/mol.